The molecule has 2 aliphatic rings. The Morgan fingerprint density at radius 2 is 2.00 bits per heavy atom. The van der Waals surface area contributed by atoms with Crippen LogP contribution in [0.3, 0.4) is 0 Å². The number of carbonyl (C=O) groups excluding carboxylic acids is 1. The van der Waals surface area contributed by atoms with E-state index in [1.165, 1.54) is 0 Å². The number of amides is 1. The number of carbonyl (C=O) groups is 1. The fourth-order valence-corrected chi connectivity index (χ4v) is 5.47. The molecule has 7 nitrogen and oxygen atoms in total. The summed E-state index contributed by atoms with van der Waals surface area (Å²) in [6, 6.07) is 11.4. The van der Waals surface area contributed by atoms with Crippen molar-refractivity contribution >= 4 is 5.91 Å². The predicted octanol–water partition coefficient (Wildman–Crippen LogP) is 5.69. The molecular weight excluding hydrogens is 454 g/mol. The third kappa shape index (κ3) is 4.60. The van der Waals surface area contributed by atoms with Gasteiger partial charge in [0.1, 0.15) is 22.9 Å². The van der Waals surface area contributed by atoms with Crippen molar-refractivity contribution in [1.82, 2.24) is 15.1 Å². The number of ether oxygens (including phenoxy) is 2. The lowest BCUT2D eigenvalue weighted by molar-refractivity contribution is 0.0495. The number of rotatable bonds is 9. The van der Waals surface area contributed by atoms with Gasteiger partial charge in [-0.25, -0.2) is 0 Å². The third-order valence-corrected chi connectivity index (χ3v) is 7.20. The molecule has 2 unspecified atom stereocenters. The van der Waals surface area contributed by atoms with Gasteiger partial charge in [0.15, 0.2) is 0 Å². The highest BCUT2D eigenvalue weighted by Gasteiger charge is 2.43. The Bertz CT molecular complexity index is 1200. The highest BCUT2D eigenvalue weighted by molar-refractivity contribution is 6.00. The largest absolute Gasteiger partial charge is 0.507 e. The number of aryl methyl sites for hydroxylation is 2. The van der Waals surface area contributed by atoms with Gasteiger partial charge < -0.3 is 19.5 Å². The molecule has 3 aromatic rings. The first-order valence-corrected chi connectivity index (χ1v) is 13.0. The van der Waals surface area contributed by atoms with Crippen LogP contribution in [0.1, 0.15) is 77.8 Å². The van der Waals surface area contributed by atoms with Crippen molar-refractivity contribution in [3.63, 3.8) is 0 Å². The van der Waals surface area contributed by atoms with Gasteiger partial charge in [0.05, 0.1) is 18.8 Å². The Labute approximate surface area is 212 Å². The van der Waals surface area contributed by atoms with E-state index in [4.69, 9.17) is 9.47 Å². The second-order valence-electron chi connectivity index (χ2n) is 9.96. The Kier molecular flexibility index (Phi) is 7.01. The van der Waals surface area contributed by atoms with Crippen molar-refractivity contribution in [2.45, 2.75) is 65.0 Å². The first-order valence-electron chi connectivity index (χ1n) is 13.0. The maximum atomic E-state index is 13.6. The van der Waals surface area contributed by atoms with Crippen LogP contribution < -0.4 is 4.74 Å². The van der Waals surface area contributed by atoms with Crippen LogP contribution in [0.2, 0.25) is 0 Å². The summed E-state index contributed by atoms with van der Waals surface area (Å²) in [6.07, 6.45) is 5.31. The van der Waals surface area contributed by atoms with Crippen molar-refractivity contribution < 1.29 is 19.4 Å². The number of fused-ring (bicyclic) bond motifs is 1. The van der Waals surface area contributed by atoms with E-state index >= 15 is 0 Å². The predicted molar refractivity (Wildman–Crippen MR) is 138 cm³/mol. The van der Waals surface area contributed by atoms with Gasteiger partial charge in [0.25, 0.3) is 5.91 Å². The third-order valence-electron chi connectivity index (χ3n) is 7.20. The van der Waals surface area contributed by atoms with Gasteiger partial charge in [-0.05, 0) is 68.0 Å². The first kappa shape index (κ1) is 24.4. The standard InChI is InChI=1S/C29H35N3O4/c1-4-5-6-13-35-21-11-9-20(10-12-21)28-25-26(24-19(3)15-18(2)16-23(24)33)30-31-27(25)29(34)32(28)17-22-8-7-14-36-22/h9-12,15-16,22,28,33H,4-8,13-14,17H2,1-3H3,(H,30,31). The topological polar surface area (TPSA) is 87.7 Å². The molecule has 0 spiro atoms. The van der Waals surface area contributed by atoms with E-state index in [2.05, 4.69) is 17.1 Å². The normalized spacial score (nSPS) is 19.2. The van der Waals surface area contributed by atoms with Crippen LogP contribution in [-0.4, -0.2) is 52.0 Å². The second kappa shape index (κ2) is 10.3. The van der Waals surface area contributed by atoms with Gasteiger partial charge in [0, 0.05) is 24.3 Å². The van der Waals surface area contributed by atoms with Crippen LogP contribution in [0, 0.1) is 13.8 Å². The molecule has 0 radical (unpaired) electrons. The van der Waals surface area contributed by atoms with E-state index < -0.39 is 0 Å². The van der Waals surface area contributed by atoms with E-state index in [1.54, 1.807) is 6.07 Å². The van der Waals surface area contributed by atoms with Crippen molar-refractivity contribution in [3.8, 4) is 22.8 Å². The number of hydrogen-bond acceptors (Lipinski definition) is 5. The number of aromatic nitrogens is 2. The molecule has 2 atom stereocenters. The average Bonchev–Trinajstić information content (AvgIpc) is 3.57. The summed E-state index contributed by atoms with van der Waals surface area (Å²) in [7, 11) is 0. The number of phenols is 1. The molecule has 1 aromatic heterocycles. The van der Waals surface area contributed by atoms with E-state index in [0.717, 1.165) is 66.7 Å². The van der Waals surface area contributed by atoms with Crippen molar-refractivity contribution in [3.05, 3.63) is 64.3 Å². The van der Waals surface area contributed by atoms with Crippen LogP contribution in [0.5, 0.6) is 11.5 Å². The van der Waals surface area contributed by atoms with E-state index in [0.29, 0.717) is 30.1 Å². The second-order valence-corrected chi connectivity index (χ2v) is 9.96. The summed E-state index contributed by atoms with van der Waals surface area (Å²) in [4.78, 5) is 15.5. The molecule has 190 valence electrons. The highest BCUT2D eigenvalue weighted by atomic mass is 16.5. The SMILES string of the molecule is CCCCCOc1ccc(C2c3c(-c4c(C)cc(C)cc4O)n[nH]c3C(=O)N2CC2CCCO2)cc1. The van der Waals surface area contributed by atoms with Gasteiger partial charge >= 0.3 is 0 Å². The molecule has 3 heterocycles. The molecule has 1 saturated heterocycles. The van der Waals surface area contributed by atoms with E-state index in [1.807, 2.05) is 49.1 Å². The van der Waals surface area contributed by atoms with E-state index in [9.17, 15) is 9.90 Å². The summed E-state index contributed by atoms with van der Waals surface area (Å²) in [5.74, 6) is 0.902. The molecule has 1 amide bonds. The Morgan fingerprint density at radius 3 is 2.69 bits per heavy atom. The summed E-state index contributed by atoms with van der Waals surface area (Å²) in [5, 5.41) is 18.4. The summed E-state index contributed by atoms with van der Waals surface area (Å²) < 4.78 is 11.8. The average molecular weight is 490 g/mol. The molecule has 2 N–H and O–H groups in total. The lowest BCUT2D eigenvalue weighted by atomic mass is 9.93. The zero-order valence-corrected chi connectivity index (χ0v) is 21.3. The summed E-state index contributed by atoms with van der Waals surface area (Å²) in [6.45, 7) is 8.03. The zero-order valence-electron chi connectivity index (χ0n) is 21.3. The minimum Gasteiger partial charge on any atom is -0.507 e. The number of phenolic OH excluding ortho intramolecular Hbond substituents is 1. The molecule has 0 saturated carbocycles. The zero-order chi connectivity index (χ0) is 25.2. The quantitative estimate of drug-likeness (QED) is 0.377. The van der Waals surface area contributed by atoms with Crippen LogP contribution in [0.15, 0.2) is 36.4 Å². The van der Waals surface area contributed by atoms with Gasteiger partial charge in [-0.1, -0.05) is 38.0 Å². The first-order chi connectivity index (χ1) is 17.5. The number of H-pyrrole nitrogens is 1. The number of nitrogens with one attached hydrogen (secondary N) is 1. The molecule has 36 heavy (non-hydrogen) atoms. The van der Waals surface area contributed by atoms with Gasteiger partial charge in [0.2, 0.25) is 0 Å². The molecule has 5 rings (SSSR count). The number of aromatic amines is 1. The fourth-order valence-electron chi connectivity index (χ4n) is 5.47. The molecule has 1 fully saturated rings. The maximum absolute atomic E-state index is 13.6. The van der Waals surface area contributed by atoms with Crippen molar-refractivity contribution in [2.24, 2.45) is 0 Å². The van der Waals surface area contributed by atoms with Crippen LogP contribution >= 0.6 is 0 Å². The van der Waals surface area contributed by atoms with Crippen LogP contribution in [0.4, 0.5) is 0 Å². The molecule has 2 aliphatic heterocycles. The van der Waals surface area contributed by atoms with Crippen molar-refractivity contribution in [2.75, 3.05) is 19.8 Å². The Morgan fingerprint density at radius 1 is 1.19 bits per heavy atom. The Balaban J connectivity index is 1.53. The molecule has 2 aromatic carbocycles. The fraction of sp³-hybridized carbons (Fsp3) is 0.448. The Hall–Kier alpha value is -3.32. The van der Waals surface area contributed by atoms with Crippen LogP contribution in [-0.2, 0) is 4.74 Å². The minimum absolute atomic E-state index is 0.0209. The number of benzene rings is 2. The van der Waals surface area contributed by atoms with Crippen LogP contribution in [0.25, 0.3) is 11.3 Å². The highest BCUT2D eigenvalue weighted by Crippen LogP contribution is 2.46. The number of hydrogen-bond donors (Lipinski definition) is 2. The van der Waals surface area contributed by atoms with Crippen molar-refractivity contribution in [1.29, 1.82) is 0 Å². The lowest BCUT2D eigenvalue weighted by Gasteiger charge is -2.28. The molecule has 0 bridgehead atoms. The maximum Gasteiger partial charge on any atom is 0.273 e. The molecular formula is C29H35N3O4. The van der Waals surface area contributed by atoms with Gasteiger partial charge in [-0.15, -0.1) is 0 Å². The lowest BCUT2D eigenvalue weighted by Crippen LogP contribution is -2.36. The molecule has 0 aliphatic carbocycles. The molecule has 7 heteroatoms. The number of aromatic hydroxyl groups is 1. The van der Waals surface area contributed by atoms with Gasteiger partial charge in [-0.2, -0.15) is 5.10 Å². The monoisotopic (exact) mass is 489 g/mol. The summed E-state index contributed by atoms with van der Waals surface area (Å²) in [5.41, 5.74) is 5.43. The van der Waals surface area contributed by atoms with Gasteiger partial charge in [-0.3, -0.25) is 9.89 Å². The smallest absolute Gasteiger partial charge is 0.273 e. The summed E-state index contributed by atoms with van der Waals surface area (Å²) >= 11 is 0. The van der Waals surface area contributed by atoms with E-state index in [-0.39, 0.29) is 23.8 Å². The number of nitrogens with zero attached hydrogens (tertiary/aromatic N) is 2. The minimum atomic E-state index is -0.334. The number of unbranched alkanes of at least 4 members (excludes halogenated alkanes) is 2.